The minimum absolute atomic E-state index is 0.0894. The molecule has 0 aromatic heterocycles. The molecule has 0 aromatic carbocycles. The Morgan fingerprint density at radius 2 is 2.12 bits per heavy atom. The summed E-state index contributed by atoms with van der Waals surface area (Å²) >= 11 is 0. The highest BCUT2D eigenvalue weighted by molar-refractivity contribution is 5.77. The van der Waals surface area contributed by atoms with Gasteiger partial charge in [0.1, 0.15) is 0 Å². The monoisotopic (exact) mass is 245 g/mol. The lowest BCUT2D eigenvalue weighted by atomic mass is 10.3. The average Bonchev–Trinajstić information content (AvgIpc) is 2.32. The first-order valence-corrected chi connectivity index (χ1v) is 6.42. The second-order valence-corrected chi connectivity index (χ2v) is 4.11. The molecule has 5 nitrogen and oxygen atoms in total. The number of rotatable bonds is 11. The number of hydrogen-bond acceptors (Lipinski definition) is 4. The third kappa shape index (κ3) is 10.2. The number of ether oxygens (including phenoxy) is 1. The highest BCUT2D eigenvalue weighted by Gasteiger charge is 2.08. The summed E-state index contributed by atoms with van der Waals surface area (Å²) in [6, 6.07) is 0. The van der Waals surface area contributed by atoms with Crippen molar-refractivity contribution in [3.8, 4) is 0 Å². The zero-order chi connectivity index (χ0) is 12.9. The largest absolute Gasteiger partial charge is 0.385 e. The van der Waals surface area contributed by atoms with E-state index in [1.165, 1.54) is 0 Å². The molecule has 3 N–H and O–H groups in total. The number of amides is 1. The van der Waals surface area contributed by atoms with Crippen LogP contribution in [0.4, 0.5) is 0 Å². The van der Waals surface area contributed by atoms with Crippen LogP contribution in [0.2, 0.25) is 0 Å². The molecule has 0 aliphatic rings. The fraction of sp³-hybridized carbons (Fsp3) is 0.917. The Labute approximate surface area is 105 Å². The first-order chi connectivity index (χ1) is 8.24. The summed E-state index contributed by atoms with van der Waals surface area (Å²) in [7, 11) is 1.66. The maximum Gasteiger partial charge on any atom is 0.234 e. The first kappa shape index (κ1) is 16.4. The minimum Gasteiger partial charge on any atom is -0.385 e. The highest BCUT2D eigenvalue weighted by atomic mass is 16.5. The molecule has 102 valence electrons. The molecule has 0 saturated heterocycles. The van der Waals surface area contributed by atoms with E-state index < -0.39 is 0 Å². The van der Waals surface area contributed by atoms with Crippen LogP contribution in [0.3, 0.4) is 0 Å². The van der Waals surface area contributed by atoms with Gasteiger partial charge in [-0.15, -0.1) is 0 Å². The van der Waals surface area contributed by atoms with Crippen molar-refractivity contribution in [2.45, 2.75) is 26.2 Å². The topological polar surface area (TPSA) is 67.6 Å². The molecule has 0 rings (SSSR count). The van der Waals surface area contributed by atoms with Crippen LogP contribution in [0.25, 0.3) is 0 Å². The maximum atomic E-state index is 11.6. The summed E-state index contributed by atoms with van der Waals surface area (Å²) in [6.45, 7) is 6.49. The highest BCUT2D eigenvalue weighted by Crippen LogP contribution is 1.93. The number of methoxy groups -OCH3 is 1. The molecule has 17 heavy (non-hydrogen) atoms. The van der Waals surface area contributed by atoms with Crippen molar-refractivity contribution in [2.75, 3.05) is 46.4 Å². The molecule has 0 aliphatic carbocycles. The number of nitrogens with two attached hydrogens (primary N) is 1. The molecule has 0 spiro atoms. The summed E-state index contributed by atoms with van der Waals surface area (Å²) in [4.78, 5) is 13.8. The van der Waals surface area contributed by atoms with E-state index in [2.05, 4.69) is 17.1 Å². The van der Waals surface area contributed by atoms with Crippen molar-refractivity contribution in [3.63, 3.8) is 0 Å². The maximum absolute atomic E-state index is 11.6. The summed E-state index contributed by atoms with van der Waals surface area (Å²) in [5.41, 5.74) is 5.48. The summed E-state index contributed by atoms with van der Waals surface area (Å²) in [5.74, 6) is 0.0894. The smallest absolute Gasteiger partial charge is 0.234 e. The second kappa shape index (κ2) is 11.8. The number of carbonyl (C=O) groups is 1. The molecule has 0 fully saturated rings. The van der Waals surface area contributed by atoms with Crippen LogP contribution in [0.5, 0.6) is 0 Å². The zero-order valence-corrected chi connectivity index (χ0v) is 11.2. The van der Waals surface area contributed by atoms with Crippen LogP contribution < -0.4 is 11.1 Å². The molecule has 0 unspecified atom stereocenters. The van der Waals surface area contributed by atoms with E-state index in [0.29, 0.717) is 26.2 Å². The molecule has 0 atom stereocenters. The van der Waals surface area contributed by atoms with Gasteiger partial charge in [0.15, 0.2) is 0 Å². The van der Waals surface area contributed by atoms with E-state index in [1.54, 1.807) is 7.11 Å². The lowest BCUT2D eigenvalue weighted by molar-refractivity contribution is -0.122. The standard InChI is InChI=1S/C12H27N3O2/c1-3-8-15(9-4-6-13)11-12(16)14-7-5-10-17-2/h3-11,13H2,1-2H3,(H,14,16). The number of hydrogen-bond donors (Lipinski definition) is 2. The summed E-state index contributed by atoms with van der Waals surface area (Å²) < 4.78 is 4.92. The van der Waals surface area contributed by atoms with Gasteiger partial charge in [-0.25, -0.2) is 0 Å². The predicted molar refractivity (Wildman–Crippen MR) is 69.9 cm³/mol. The molecule has 0 saturated carbocycles. The lowest BCUT2D eigenvalue weighted by Gasteiger charge is -2.20. The van der Waals surface area contributed by atoms with Gasteiger partial charge in [-0.05, 0) is 38.9 Å². The molecule has 0 aromatic rings. The van der Waals surface area contributed by atoms with Gasteiger partial charge in [-0.2, -0.15) is 0 Å². The molecule has 0 heterocycles. The predicted octanol–water partition coefficient (Wildman–Crippen LogP) is 0.200. The Hall–Kier alpha value is -0.650. The van der Waals surface area contributed by atoms with Crippen LogP contribution in [-0.4, -0.2) is 57.2 Å². The van der Waals surface area contributed by atoms with Crippen molar-refractivity contribution >= 4 is 5.91 Å². The Kier molecular flexibility index (Phi) is 11.4. The quantitative estimate of drug-likeness (QED) is 0.510. The number of carbonyl (C=O) groups excluding carboxylic acids is 1. The SMILES string of the molecule is CCCN(CCCN)CC(=O)NCCCOC. The van der Waals surface area contributed by atoms with Crippen molar-refractivity contribution in [2.24, 2.45) is 5.73 Å². The number of nitrogens with one attached hydrogen (secondary N) is 1. The van der Waals surface area contributed by atoms with E-state index in [-0.39, 0.29) is 5.91 Å². The van der Waals surface area contributed by atoms with E-state index in [4.69, 9.17) is 10.5 Å². The Morgan fingerprint density at radius 1 is 1.35 bits per heavy atom. The van der Waals surface area contributed by atoms with E-state index in [1.807, 2.05) is 0 Å². The van der Waals surface area contributed by atoms with Crippen LogP contribution in [0.1, 0.15) is 26.2 Å². The van der Waals surface area contributed by atoms with Crippen LogP contribution in [-0.2, 0) is 9.53 Å². The van der Waals surface area contributed by atoms with Crippen molar-refractivity contribution in [1.29, 1.82) is 0 Å². The van der Waals surface area contributed by atoms with Crippen LogP contribution >= 0.6 is 0 Å². The lowest BCUT2D eigenvalue weighted by Crippen LogP contribution is -2.39. The van der Waals surface area contributed by atoms with E-state index in [0.717, 1.165) is 32.4 Å². The fourth-order valence-electron chi connectivity index (χ4n) is 1.60. The van der Waals surface area contributed by atoms with Crippen LogP contribution in [0, 0.1) is 0 Å². The molecular weight excluding hydrogens is 218 g/mol. The van der Waals surface area contributed by atoms with Crippen LogP contribution in [0.15, 0.2) is 0 Å². The molecular formula is C12H27N3O2. The van der Waals surface area contributed by atoms with Crippen molar-refractivity contribution in [3.05, 3.63) is 0 Å². The van der Waals surface area contributed by atoms with Gasteiger partial charge in [0.2, 0.25) is 5.91 Å². The summed E-state index contributed by atoms with van der Waals surface area (Å²) in [6.07, 6.45) is 2.86. The first-order valence-electron chi connectivity index (χ1n) is 6.42. The molecule has 5 heteroatoms. The third-order valence-electron chi connectivity index (χ3n) is 2.43. The average molecular weight is 245 g/mol. The molecule has 0 bridgehead atoms. The van der Waals surface area contributed by atoms with Gasteiger partial charge in [0.25, 0.3) is 0 Å². The Balaban J connectivity index is 3.70. The minimum atomic E-state index is 0.0894. The molecule has 1 amide bonds. The van der Waals surface area contributed by atoms with Gasteiger partial charge in [0, 0.05) is 20.3 Å². The van der Waals surface area contributed by atoms with Gasteiger partial charge >= 0.3 is 0 Å². The normalized spacial score (nSPS) is 10.8. The Morgan fingerprint density at radius 3 is 2.71 bits per heavy atom. The number of nitrogens with zero attached hydrogens (tertiary/aromatic N) is 1. The van der Waals surface area contributed by atoms with E-state index >= 15 is 0 Å². The van der Waals surface area contributed by atoms with Gasteiger partial charge in [0.05, 0.1) is 6.54 Å². The fourth-order valence-corrected chi connectivity index (χ4v) is 1.60. The summed E-state index contributed by atoms with van der Waals surface area (Å²) in [5, 5.41) is 2.89. The van der Waals surface area contributed by atoms with Gasteiger partial charge in [-0.1, -0.05) is 6.92 Å². The van der Waals surface area contributed by atoms with Gasteiger partial charge < -0.3 is 15.8 Å². The van der Waals surface area contributed by atoms with Crippen molar-refractivity contribution < 1.29 is 9.53 Å². The Bertz CT molecular complexity index is 189. The van der Waals surface area contributed by atoms with E-state index in [9.17, 15) is 4.79 Å². The third-order valence-corrected chi connectivity index (χ3v) is 2.43. The molecule has 0 aliphatic heterocycles. The second-order valence-electron chi connectivity index (χ2n) is 4.11. The van der Waals surface area contributed by atoms with Crippen molar-refractivity contribution in [1.82, 2.24) is 10.2 Å². The van der Waals surface area contributed by atoms with Gasteiger partial charge in [-0.3, -0.25) is 9.69 Å². The molecule has 0 radical (unpaired) electrons. The zero-order valence-electron chi connectivity index (χ0n) is 11.2.